The maximum absolute atomic E-state index is 13.4. The molecule has 106 valence electrons. The van der Waals surface area contributed by atoms with E-state index < -0.39 is 15.8 Å². The van der Waals surface area contributed by atoms with E-state index in [4.69, 9.17) is 5.73 Å². The number of benzene rings is 1. The van der Waals surface area contributed by atoms with Gasteiger partial charge in [0.25, 0.3) is 0 Å². The van der Waals surface area contributed by atoms with Gasteiger partial charge in [0, 0.05) is 19.1 Å². The maximum atomic E-state index is 13.4. The molecule has 1 aromatic rings. The van der Waals surface area contributed by atoms with Gasteiger partial charge in [0.2, 0.25) is 10.0 Å². The molecule has 1 aromatic carbocycles. The topological polar surface area (TPSA) is 63.4 Å². The van der Waals surface area contributed by atoms with Crippen molar-refractivity contribution in [2.45, 2.75) is 43.7 Å². The summed E-state index contributed by atoms with van der Waals surface area (Å²) in [6.07, 6.45) is 2.71. The van der Waals surface area contributed by atoms with Gasteiger partial charge in [-0.15, -0.1) is 0 Å². The van der Waals surface area contributed by atoms with Gasteiger partial charge in [-0.2, -0.15) is 4.31 Å². The van der Waals surface area contributed by atoms with Gasteiger partial charge >= 0.3 is 0 Å². The molecule has 0 aromatic heterocycles. The van der Waals surface area contributed by atoms with Crippen LogP contribution in [-0.4, -0.2) is 25.3 Å². The zero-order valence-electron chi connectivity index (χ0n) is 11.0. The summed E-state index contributed by atoms with van der Waals surface area (Å²) in [7, 11) is -3.66. The average Bonchev–Trinajstić information content (AvgIpc) is 2.39. The lowest BCUT2D eigenvalue weighted by molar-refractivity contribution is 0.268. The molecule has 1 unspecified atom stereocenters. The van der Waals surface area contributed by atoms with E-state index in [1.54, 1.807) is 0 Å². The van der Waals surface area contributed by atoms with Crippen molar-refractivity contribution in [2.75, 3.05) is 6.54 Å². The van der Waals surface area contributed by atoms with Crippen LogP contribution in [0.4, 0.5) is 4.39 Å². The lowest BCUT2D eigenvalue weighted by Crippen LogP contribution is -2.42. The summed E-state index contributed by atoms with van der Waals surface area (Å²) in [4.78, 5) is 0.00347. The largest absolute Gasteiger partial charge is 0.326 e. The maximum Gasteiger partial charge on any atom is 0.243 e. The van der Waals surface area contributed by atoms with Crippen LogP contribution in [0.1, 0.15) is 31.7 Å². The zero-order chi connectivity index (χ0) is 14.0. The number of hydrogen-bond donors (Lipinski definition) is 1. The molecule has 2 rings (SSSR count). The van der Waals surface area contributed by atoms with Crippen LogP contribution < -0.4 is 5.73 Å². The second-order valence-electron chi connectivity index (χ2n) is 4.92. The molecule has 1 atom stereocenters. The third-order valence-corrected chi connectivity index (χ3v) is 5.67. The molecule has 0 bridgehead atoms. The van der Waals surface area contributed by atoms with Gasteiger partial charge in [-0.25, -0.2) is 12.8 Å². The highest BCUT2D eigenvalue weighted by atomic mass is 32.2. The Morgan fingerprint density at radius 1 is 1.42 bits per heavy atom. The Bertz CT molecular complexity index is 560. The Labute approximate surface area is 113 Å². The fourth-order valence-corrected chi connectivity index (χ4v) is 4.44. The Balaban J connectivity index is 2.46. The zero-order valence-corrected chi connectivity index (χ0v) is 11.8. The smallest absolute Gasteiger partial charge is 0.243 e. The summed E-state index contributed by atoms with van der Waals surface area (Å²) in [5, 5.41) is 0. The summed E-state index contributed by atoms with van der Waals surface area (Å²) in [6, 6.07) is 3.70. The number of sulfonamides is 1. The van der Waals surface area contributed by atoms with Crippen LogP contribution in [0, 0.1) is 5.82 Å². The van der Waals surface area contributed by atoms with Gasteiger partial charge in [-0.3, -0.25) is 0 Å². The molecule has 2 N–H and O–H groups in total. The van der Waals surface area contributed by atoms with Crippen molar-refractivity contribution < 1.29 is 12.8 Å². The number of rotatable bonds is 3. The first kappa shape index (κ1) is 14.4. The fourth-order valence-electron chi connectivity index (χ4n) is 2.49. The minimum atomic E-state index is -3.66. The summed E-state index contributed by atoms with van der Waals surface area (Å²) in [5.41, 5.74) is 6.01. The minimum absolute atomic E-state index is 0.00347. The van der Waals surface area contributed by atoms with E-state index in [0.717, 1.165) is 25.3 Å². The molecule has 0 aliphatic carbocycles. The van der Waals surface area contributed by atoms with Crippen molar-refractivity contribution in [3.63, 3.8) is 0 Å². The minimum Gasteiger partial charge on any atom is -0.326 e. The van der Waals surface area contributed by atoms with Crippen molar-refractivity contribution in [1.82, 2.24) is 4.31 Å². The highest BCUT2D eigenvalue weighted by Crippen LogP contribution is 2.27. The van der Waals surface area contributed by atoms with Crippen LogP contribution in [0.25, 0.3) is 0 Å². The third kappa shape index (κ3) is 2.80. The predicted molar refractivity (Wildman–Crippen MR) is 71.5 cm³/mol. The standard InChI is InChI=1S/C13H19FN2O2S/c1-10-4-2-3-7-16(10)19(17,18)13-8-12(14)6-5-11(13)9-15/h5-6,8,10H,2-4,7,9,15H2,1H3. The molecule has 19 heavy (non-hydrogen) atoms. The van der Waals surface area contributed by atoms with Crippen molar-refractivity contribution in [3.05, 3.63) is 29.6 Å². The highest BCUT2D eigenvalue weighted by Gasteiger charge is 2.32. The average molecular weight is 286 g/mol. The van der Waals surface area contributed by atoms with Gasteiger partial charge in [-0.05, 0) is 37.5 Å². The molecule has 0 radical (unpaired) electrons. The Morgan fingerprint density at radius 2 is 2.16 bits per heavy atom. The Kier molecular flexibility index (Phi) is 4.23. The molecular formula is C13H19FN2O2S. The van der Waals surface area contributed by atoms with Gasteiger partial charge in [0.1, 0.15) is 5.82 Å². The summed E-state index contributed by atoms with van der Waals surface area (Å²) < 4.78 is 40.1. The van der Waals surface area contributed by atoms with E-state index in [2.05, 4.69) is 0 Å². The normalized spacial score (nSPS) is 21.5. The molecule has 1 heterocycles. The van der Waals surface area contributed by atoms with E-state index in [9.17, 15) is 12.8 Å². The molecule has 1 fully saturated rings. The van der Waals surface area contributed by atoms with Crippen LogP contribution in [0.3, 0.4) is 0 Å². The molecule has 6 heteroatoms. The molecule has 0 spiro atoms. The van der Waals surface area contributed by atoms with E-state index >= 15 is 0 Å². The van der Waals surface area contributed by atoms with E-state index in [1.165, 1.54) is 16.4 Å². The van der Waals surface area contributed by atoms with Gasteiger partial charge < -0.3 is 5.73 Å². The first-order valence-corrected chi connectivity index (χ1v) is 7.91. The lowest BCUT2D eigenvalue weighted by atomic mass is 10.1. The second-order valence-corrected chi connectivity index (χ2v) is 6.78. The van der Waals surface area contributed by atoms with Crippen LogP contribution in [0.2, 0.25) is 0 Å². The first-order valence-electron chi connectivity index (χ1n) is 6.47. The summed E-state index contributed by atoms with van der Waals surface area (Å²) >= 11 is 0. The SMILES string of the molecule is CC1CCCCN1S(=O)(=O)c1cc(F)ccc1CN. The van der Waals surface area contributed by atoms with Crippen LogP contribution in [0.5, 0.6) is 0 Å². The van der Waals surface area contributed by atoms with E-state index in [-0.39, 0.29) is 17.5 Å². The van der Waals surface area contributed by atoms with Crippen LogP contribution in [0.15, 0.2) is 23.1 Å². The lowest BCUT2D eigenvalue weighted by Gasteiger charge is -2.32. The highest BCUT2D eigenvalue weighted by molar-refractivity contribution is 7.89. The van der Waals surface area contributed by atoms with Crippen molar-refractivity contribution in [1.29, 1.82) is 0 Å². The van der Waals surface area contributed by atoms with Crippen LogP contribution in [-0.2, 0) is 16.6 Å². The number of piperidine rings is 1. The molecule has 1 aliphatic heterocycles. The molecule has 1 saturated heterocycles. The van der Waals surface area contributed by atoms with Gasteiger partial charge in [0.15, 0.2) is 0 Å². The van der Waals surface area contributed by atoms with Crippen LogP contribution >= 0.6 is 0 Å². The monoisotopic (exact) mass is 286 g/mol. The number of halogens is 1. The number of nitrogens with zero attached hydrogens (tertiary/aromatic N) is 1. The van der Waals surface area contributed by atoms with Gasteiger partial charge in [0.05, 0.1) is 4.90 Å². The number of nitrogens with two attached hydrogens (primary N) is 1. The molecule has 4 nitrogen and oxygen atoms in total. The molecular weight excluding hydrogens is 267 g/mol. The summed E-state index contributed by atoms with van der Waals surface area (Å²) in [5.74, 6) is -0.555. The van der Waals surface area contributed by atoms with Crippen molar-refractivity contribution >= 4 is 10.0 Å². The fraction of sp³-hybridized carbons (Fsp3) is 0.538. The first-order chi connectivity index (χ1) is 8.96. The number of hydrogen-bond acceptors (Lipinski definition) is 3. The third-order valence-electron chi connectivity index (χ3n) is 3.58. The quantitative estimate of drug-likeness (QED) is 0.922. The van der Waals surface area contributed by atoms with Gasteiger partial charge in [-0.1, -0.05) is 12.5 Å². The molecule has 0 saturated carbocycles. The Hall–Kier alpha value is -0.980. The van der Waals surface area contributed by atoms with Crippen molar-refractivity contribution in [2.24, 2.45) is 5.73 Å². The predicted octanol–water partition coefficient (Wildman–Crippen LogP) is 1.85. The molecule has 0 amide bonds. The van der Waals surface area contributed by atoms with E-state index in [0.29, 0.717) is 12.1 Å². The Morgan fingerprint density at radius 3 is 2.79 bits per heavy atom. The van der Waals surface area contributed by atoms with Crippen molar-refractivity contribution in [3.8, 4) is 0 Å². The second kappa shape index (κ2) is 5.56. The molecule has 1 aliphatic rings. The summed E-state index contributed by atoms with van der Waals surface area (Å²) in [6.45, 7) is 2.46. The van der Waals surface area contributed by atoms with E-state index in [1.807, 2.05) is 6.92 Å².